The van der Waals surface area contributed by atoms with Gasteiger partial charge in [0.05, 0.1) is 0 Å². The molecule has 1 aliphatic carbocycles. The minimum Gasteiger partial charge on any atom is -0.384 e. The van der Waals surface area contributed by atoms with E-state index in [0.717, 1.165) is 24.2 Å². The number of nitrogens with two attached hydrogens (primary N) is 1. The number of rotatable bonds is 1. The maximum absolute atomic E-state index is 5.79. The zero-order chi connectivity index (χ0) is 11.1. The lowest BCUT2D eigenvalue weighted by atomic mass is 9.95. The molecule has 5 nitrogen and oxygen atoms in total. The van der Waals surface area contributed by atoms with E-state index in [0.29, 0.717) is 5.82 Å². The number of fused-ring (bicyclic) bond motifs is 1. The van der Waals surface area contributed by atoms with Gasteiger partial charge in [0.2, 0.25) is 0 Å². The number of hydrogen-bond acceptors (Lipinski definition) is 3. The van der Waals surface area contributed by atoms with Crippen molar-refractivity contribution in [1.29, 1.82) is 0 Å². The van der Waals surface area contributed by atoms with Gasteiger partial charge in [-0.15, -0.1) is 0 Å². The minimum absolute atomic E-state index is 0.669. The van der Waals surface area contributed by atoms with Crippen LogP contribution in [0.2, 0.25) is 0 Å². The van der Waals surface area contributed by atoms with Crippen LogP contribution in [-0.2, 0) is 19.9 Å². The Kier molecular flexibility index (Phi) is 1.99. The summed E-state index contributed by atoms with van der Waals surface area (Å²) in [5, 5.41) is 11.8. The largest absolute Gasteiger partial charge is 0.384 e. The van der Waals surface area contributed by atoms with Crippen molar-refractivity contribution in [1.82, 2.24) is 20.0 Å². The number of aromatic amines is 1. The number of H-pyrrole nitrogens is 1. The Morgan fingerprint density at radius 2 is 2.19 bits per heavy atom. The molecule has 2 heterocycles. The summed E-state index contributed by atoms with van der Waals surface area (Å²) in [6, 6.07) is 1.88. The standard InChI is InChI=1S/C11H15N5/c1-16-10(12)6-9(15-16)11-7-4-2-3-5-8(7)13-14-11/h6H,2-5,12H2,1H3,(H,13,14). The second-order valence-corrected chi connectivity index (χ2v) is 4.31. The minimum atomic E-state index is 0.669. The number of anilines is 1. The van der Waals surface area contributed by atoms with E-state index < -0.39 is 0 Å². The third kappa shape index (κ3) is 1.31. The molecule has 1 aliphatic rings. The van der Waals surface area contributed by atoms with E-state index in [1.165, 1.54) is 24.1 Å². The Balaban J connectivity index is 2.09. The maximum atomic E-state index is 5.79. The van der Waals surface area contributed by atoms with Crippen molar-refractivity contribution >= 4 is 5.82 Å². The van der Waals surface area contributed by atoms with Gasteiger partial charge in [-0.25, -0.2) is 0 Å². The van der Waals surface area contributed by atoms with Crippen LogP contribution in [0.1, 0.15) is 24.1 Å². The van der Waals surface area contributed by atoms with Gasteiger partial charge in [0.1, 0.15) is 17.2 Å². The summed E-state index contributed by atoms with van der Waals surface area (Å²) in [7, 11) is 1.85. The summed E-state index contributed by atoms with van der Waals surface area (Å²) in [5.41, 5.74) is 10.2. The van der Waals surface area contributed by atoms with Crippen molar-refractivity contribution in [3.8, 4) is 11.4 Å². The molecule has 0 atom stereocenters. The van der Waals surface area contributed by atoms with Crippen LogP contribution >= 0.6 is 0 Å². The second-order valence-electron chi connectivity index (χ2n) is 4.31. The van der Waals surface area contributed by atoms with Crippen LogP contribution in [-0.4, -0.2) is 20.0 Å². The number of hydrogen-bond donors (Lipinski definition) is 2. The van der Waals surface area contributed by atoms with Gasteiger partial charge in [-0.05, 0) is 25.7 Å². The third-order valence-corrected chi connectivity index (χ3v) is 3.21. The van der Waals surface area contributed by atoms with Gasteiger partial charge in [-0.3, -0.25) is 9.78 Å². The molecule has 0 saturated carbocycles. The van der Waals surface area contributed by atoms with E-state index in [1.54, 1.807) is 4.68 Å². The Morgan fingerprint density at radius 1 is 1.38 bits per heavy atom. The Hall–Kier alpha value is -1.78. The van der Waals surface area contributed by atoms with E-state index in [4.69, 9.17) is 5.73 Å². The molecule has 0 spiro atoms. The maximum Gasteiger partial charge on any atom is 0.122 e. The summed E-state index contributed by atoms with van der Waals surface area (Å²) >= 11 is 0. The van der Waals surface area contributed by atoms with Crippen LogP contribution in [0, 0.1) is 0 Å². The molecule has 2 aromatic rings. The summed E-state index contributed by atoms with van der Waals surface area (Å²) in [6.45, 7) is 0. The van der Waals surface area contributed by atoms with Gasteiger partial charge in [0.15, 0.2) is 0 Å². The van der Waals surface area contributed by atoms with Crippen molar-refractivity contribution in [2.45, 2.75) is 25.7 Å². The monoisotopic (exact) mass is 217 g/mol. The molecule has 84 valence electrons. The number of nitrogens with zero attached hydrogens (tertiary/aromatic N) is 3. The molecule has 0 amide bonds. The average molecular weight is 217 g/mol. The van der Waals surface area contributed by atoms with Crippen LogP contribution in [0.25, 0.3) is 11.4 Å². The summed E-state index contributed by atoms with van der Waals surface area (Å²) in [5.74, 6) is 0.669. The van der Waals surface area contributed by atoms with Crippen molar-refractivity contribution in [2.24, 2.45) is 7.05 Å². The molecule has 0 aliphatic heterocycles. The first-order valence-corrected chi connectivity index (χ1v) is 5.61. The fourth-order valence-electron chi connectivity index (χ4n) is 2.29. The van der Waals surface area contributed by atoms with E-state index in [1.807, 2.05) is 13.1 Å². The third-order valence-electron chi connectivity index (χ3n) is 3.21. The SMILES string of the molecule is Cn1nc(-c2n[nH]c3c2CCCC3)cc1N. The highest BCUT2D eigenvalue weighted by atomic mass is 15.3. The van der Waals surface area contributed by atoms with E-state index >= 15 is 0 Å². The quantitative estimate of drug-likeness (QED) is 0.755. The smallest absolute Gasteiger partial charge is 0.122 e. The zero-order valence-electron chi connectivity index (χ0n) is 9.32. The lowest BCUT2D eigenvalue weighted by Crippen LogP contribution is -2.01. The fraction of sp³-hybridized carbons (Fsp3) is 0.455. The highest BCUT2D eigenvalue weighted by molar-refractivity contribution is 5.63. The van der Waals surface area contributed by atoms with Crippen molar-refractivity contribution in [3.63, 3.8) is 0 Å². The van der Waals surface area contributed by atoms with Gasteiger partial charge >= 0.3 is 0 Å². The Morgan fingerprint density at radius 3 is 2.94 bits per heavy atom. The normalized spacial score (nSPS) is 15.1. The molecule has 16 heavy (non-hydrogen) atoms. The summed E-state index contributed by atoms with van der Waals surface area (Å²) in [6.07, 6.45) is 4.68. The summed E-state index contributed by atoms with van der Waals surface area (Å²) in [4.78, 5) is 0. The van der Waals surface area contributed by atoms with Gasteiger partial charge in [-0.2, -0.15) is 10.2 Å². The van der Waals surface area contributed by atoms with Crippen LogP contribution in [0.3, 0.4) is 0 Å². The van der Waals surface area contributed by atoms with Gasteiger partial charge in [0, 0.05) is 24.4 Å². The predicted molar refractivity (Wildman–Crippen MR) is 61.8 cm³/mol. The first kappa shape index (κ1) is 9.45. The molecule has 0 fully saturated rings. The molecule has 0 radical (unpaired) electrons. The molecule has 5 heteroatoms. The van der Waals surface area contributed by atoms with E-state index in [-0.39, 0.29) is 0 Å². The Bertz CT molecular complexity index is 503. The fourth-order valence-corrected chi connectivity index (χ4v) is 2.29. The number of aromatic nitrogens is 4. The topological polar surface area (TPSA) is 72.5 Å². The van der Waals surface area contributed by atoms with E-state index in [9.17, 15) is 0 Å². The molecular formula is C11H15N5. The van der Waals surface area contributed by atoms with Gasteiger partial charge in [-0.1, -0.05) is 0 Å². The van der Waals surface area contributed by atoms with Crippen LogP contribution < -0.4 is 5.73 Å². The van der Waals surface area contributed by atoms with Crippen molar-refractivity contribution in [3.05, 3.63) is 17.3 Å². The lowest BCUT2D eigenvalue weighted by Gasteiger charge is -2.09. The number of nitrogens with one attached hydrogen (secondary N) is 1. The second kappa shape index (κ2) is 3.37. The molecule has 0 unspecified atom stereocenters. The molecule has 3 rings (SSSR count). The molecular weight excluding hydrogens is 202 g/mol. The first-order chi connectivity index (χ1) is 7.75. The highest BCUT2D eigenvalue weighted by Gasteiger charge is 2.19. The Labute approximate surface area is 93.7 Å². The van der Waals surface area contributed by atoms with Crippen molar-refractivity contribution < 1.29 is 0 Å². The first-order valence-electron chi connectivity index (χ1n) is 5.61. The van der Waals surface area contributed by atoms with E-state index in [2.05, 4.69) is 15.3 Å². The molecule has 0 aromatic carbocycles. The number of aryl methyl sites for hydroxylation is 2. The van der Waals surface area contributed by atoms with Gasteiger partial charge in [0.25, 0.3) is 0 Å². The molecule has 2 aromatic heterocycles. The van der Waals surface area contributed by atoms with Crippen molar-refractivity contribution in [2.75, 3.05) is 5.73 Å². The summed E-state index contributed by atoms with van der Waals surface area (Å²) < 4.78 is 1.68. The predicted octanol–water partition coefficient (Wildman–Crippen LogP) is 1.27. The van der Waals surface area contributed by atoms with Crippen LogP contribution in [0.4, 0.5) is 5.82 Å². The lowest BCUT2D eigenvalue weighted by molar-refractivity contribution is 0.675. The van der Waals surface area contributed by atoms with Crippen LogP contribution in [0.15, 0.2) is 6.07 Å². The molecule has 0 saturated heterocycles. The zero-order valence-corrected chi connectivity index (χ0v) is 9.32. The number of nitrogen functional groups attached to an aromatic ring is 1. The molecule has 0 bridgehead atoms. The highest BCUT2D eigenvalue weighted by Crippen LogP contribution is 2.29. The molecule has 3 N–H and O–H groups in total. The average Bonchev–Trinajstić information content (AvgIpc) is 2.83. The van der Waals surface area contributed by atoms with Crippen LogP contribution in [0.5, 0.6) is 0 Å². The van der Waals surface area contributed by atoms with Gasteiger partial charge < -0.3 is 5.73 Å².